The first-order chi connectivity index (χ1) is 11.7. The van der Waals surface area contributed by atoms with Crippen LogP contribution in [0, 0.1) is 0 Å². The molecule has 3 N–H and O–H groups in total. The molecule has 0 fully saturated rings. The number of anilines is 1. The van der Waals surface area contributed by atoms with Crippen LogP contribution >= 0.6 is 15.9 Å². The molecule has 2 heterocycles. The van der Waals surface area contributed by atoms with E-state index in [4.69, 9.17) is 0 Å². The van der Waals surface area contributed by atoms with Crippen LogP contribution in [-0.2, 0) is 0 Å². The Morgan fingerprint density at radius 3 is 2.75 bits per heavy atom. The Morgan fingerprint density at radius 2 is 1.92 bits per heavy atom. The molecular weight excluding hydrogens is 370 g/mol. The largest absolute Gasteiger partial charge is 0.319 e. The number of para-hydroxylation sites is 1. The summed E-state index contributed by atoms with van der Waals surface area (Å²) in [6.45, 7) is 0. The van der Waals surface area contributed by atoms with E-state index in [2.05, 4.69) is 41.6 Å². The van der Waals surface area contributed by atoms with E-state index in [1.165, 1.54) is 0 Å². The van der Waals surface area contributed by atoms with Crippen LogP contribution in [0.15, 0.2) is 59.2 Å². The second kappa shape index (κ2) is 5.93. The minimum Gasteiger partial charge on any atom is -0.319 e. The highest BCUT2D eigenvalue weighted by Gasteiger charge is 2.13. The predicted molar refractivity (Wildman–Crippen MR) is 95.8 cm³/mol. The first-order valence-electron chi connectivity index (χ1n) is 7.25. The fraction of sp³-hybridized carbons (Fsp3) is 0. The Labute approximate surface area is 145 Å². The van der Waals surface area contributed by atoms with Gasteiger partial charge in [0.15, 0.2) is 0 Å². The number of aromatic amines is 2. The van der Waals surface area contributed by atoms with Gasteiger partial charge in [-0.3, -0.25) is 15.0 Å². The van der Waals surface area contributed by atoms with Crippen LogP contribution in [0.4, 0.5) is 5.69 Å². The number of hydrogen-bond acceptors (Lipinski definition) is 3. The summed E-state index contributed by atoms with van der Waals surface area (Å²) < 4.78 is 0.993. The summed E-state index contributed by atoms with van der Waals surface area (Å²) in [4.78, 5) is 12.5. The molecule has 2 aromatic carbocycles. The van der Waals surface area contributed by atoms with Crippen molar-refractivity contribution in [2.45, 2.75) is 0 Å². The number of carbonyl (C=O) groups is 1. The molecule has 0 aliphatic carbocycles. The zero-order valence-electron chi connectivity index (χ0n) is 12.4. The maximum atomic E-state index is 12.5. The summed E-state index contributed by atoms with van der Waals surface area (Å²) in [5, 5.41) is 17.7. The molecule has 6 nitrogen and oxygen atoms in total. The quantitative estimate of drug-likeness (QED) is 0.501. The zero-order valence-corrected chi connectivity index (χ0v) is 14.0. The molecule has 7 heteroatoms. The van der Waals surface area contributed by atoms with E-state index < -0.39 is 0 Å². The van der Waals surface area contributed by atoms with Gasteiger partial charge in [0.1, 0.15) is 5.69 Å². The molecule has 0 spiro atoms. The van der Waals surface area contributed by atoms with Crippen LogP contribution in [0.5, 0.6) is 0 Å². The zero-order chi connectivity index (χ0) is 16.5. The molecule has 0 aliphatic rings. The fourth-order valence-corrected chi connectivity index (χ4v) is 2.73. The maximum Gasteiger partial charge on any atom is 0.273 e. The Kier molecular flexibility index (Phi) is 3.62. The van der Waals surface area contributed by atoms with Crippen LogP contribution < -0.4 is 5.32 Å². The summed E-state index contributed by atoms with van der Waals surface area (Å²) in [6.07, 6.45) is 1.72. The number of nitrogens with zero attached hydrogens (tertiary/aromatic N) is 2. The van der Waals surface area contributed by atoms with E-state index in [9.17, 15) is 4.79 Å². The highest BCUT2D eigenvalue weighted by molar-refractivity contribution is 9.10. The van der Waals surface area contributed by atoms with Crippen molar-refractivity contribution in [2.24, 2.45) is 0 Å². The van der Waals surface area contributed by atoms with Crippen molar-refractivity contribution < 1.29 is 4.79 Å². The van der Waals surface area contributed by atoms with Crippen molar-refractivity contribution >= 4 is 38.4 Å². The Balaban J connectivity index is 1.59. The van der Waals surface area contributed by atoms with Crippen molar-refractivity contribution in [1.82, 2.24) is 20.4 Å². The minimum atomic E-state index is -0.257. The van der Waals surface area contributed by atoms with Crippen LogP contribution in [0.25, 0.3) is 22.2 Å². The maximum absolute atomic E-state index is 12.5. The van der Waals surface area contributed by atoms with Crippen molar-refractivity contribution in [2.75, 3.05) is 5.32 Å². The predicted octanol–water partition coefficient (Wildman–Crippen LogP) is 3.97. The third kappa shape index (κ3) is 2.69. The number of amides is 1. The van der Waals surface area contributed by atoms with Crippen LogP contribution in [0.1, 0.15) is 10.5 Å². The second-order valence-corrected chi connectivity index (χ2v) is 6.18. The van der Waals surface area contributed by atoms with Crippen LogP contribution in [0.3, 0.4) is 0 Å². The van der Waals surface area contributed by atoms with E-state index in [-0.39, 0.29) is 5.91 Å². The number of fused-ring (bicyclic) bond motifs is 1. The third-order valence-corrected chi connectivity index (χ3v) is 4.22. The van der Waals surface area contributed by atoms with Crippen molar-refractivity contribution in [1.29, 1.82) is 0 Å². The van der Waals surface area contributed by atoms with Gasteiger partial charge in [-0.1, -0.05) is 40.2 Å². The molecule has 0 radical (unpaired) electrons. The van der Waals surface area contributed by atoms with Crippen molar-refractivity contribution in [3.05, 3.63) is 64.9 Å². The molecule has 4 aromatic rings. The normalized spacial score (nSPS) is 10.9. The topological polar surface area (TPSA) is 86.5 Å². The van der Waals surface area contributed by atoms with Gasteiger partial charge in [0.2, 0.25) is 0 Å². The van der Waals surface area contributed by atoms with E-state index in [1.54, 1.807) is 12.3 Å². The molecule has 0 unspecified atom stereocenters. The number of hydrogen-bond donors (Lipinski definition) is 3. The molecule has 0 saturated heterocycles. The highest BCUT2D eigenvalue weighted by atomic mass is 79.9. The molecule has 0 atom stereocenters. The van der Waals surface area contributed by atoms with Gasteiger partial charge in [0.25, 0.3) is 5.91 Å². The smallest absolute Gasteiger partial charge is 0.273 e. The standard InChI is InChI=1S/C17H12BrN5O/c18-12-6-4-10(5-7-12)14-8-15(22-21-14)17(24)20-13-3-1-2-11-9-19-23-16(11)13/h1-9H,(H,19,23)(H,20,24)(H,21,22). The van der Waals surface area contributed by atoms with E-state index in [0.717, 1.165) is 20.9 Å². The van der Waals surface area contributed by atoms with Gasteiger partial charge in [-0.25, -0.2) is 0 Å². The summed E-state index contributed by atoms with van der Waals surface area (Å²) in [5.74, 6) is -0.257. The summed E-state index contributed by atoms with van der Waals surface area (Å²) in [7, 11) is 0. The van der Waals surface area contributed by atoms with E-state index >= 15 is 0 Å². The van der Waals surface area contributed by atoms with Gasteiger partial charge >= 0.3 is 0 Å². The Morgan fingerprint density at radius 1 is 1.08 bits per heavy atom. The second-order valence-electron chi connectivity index (χ2n) is 5.27. The number of halogens is 1. The lowest BCUT2D eigenvalue weighted by atomic mass is 10.1. The van der Waals surface area contributed by atoms with Gasteiger partial charge in [0, 0.05) is 15.4 Å². The van der Waals surface area contributed by atoms with E-state index in [0.29, 0.717) is 17.1 Å². The summed E-state index contributed by atoms with van der Waals surface area (Å²) in [6, 6.07) is 15.1. The third-order valence-electron chi connectivity index (χ3n) is 3.69. The van der Waals surface area contributed by atoms with Gasteiger partial charge in [0.05, 0.1) is 23.1 Å². The molecule has 1 amide bonds. The monoisotopic (exact) mass is 381 g/mol. The van der Waals surface area contributed by atoms with Crippen LogP contribution in [-0.4, -0.2) is 26.3 Å². The van der Waals surface area contributed by atoms with Gasteiger partial charge in [-0.05, 0) is 24.3 Å². The average Bonchev–Trinajstić information content (AvgIpc) is 3.25. The molecule has 2 aromatic heterocycles. The SMILES string of the molecule is O=C(Nc1cccc2cn[nH]c12)c1cc(-c2ccc(Br)cc2)n[nH]1. The Hall–Kier alpha value is -2.93. The van der Waals surface area contributed by atoms with E-state index in [1.807, 2.05) is 42.5 Å². The molecule has 0 aliphatic heterocycles. The lowest BCUT2D eigenvalue weighted by molar-refractivity contribution is 0.102. The number of carbonyl (C=O) groups excluding carboxylic acids is 1. The molecular formula is C17H12BrN5O. The summed E-state index contributed by atoms with van der Waals surface area (Å²) in [5.41, 5.74) is 3.51. The number of benzene rings is 2. The Bertz CT molecular complexity index is 1020. The average molecular weight is 382 g/mol. The number of H-pyrrole nitrogens is 2. The first kappa shape index (κ1) is 14.6. The minimum absolute atomic E-state index is 0.257. The fourth-order valence-electron chi connectivity index (χ4n) is 2.47. The lowest BCUT2D eigenvalue weighted by Gasteiger charge is -2.04. The molecule has 24 heavy (non-hydrogen) atoms. The summed E-state index contributed by atoms with van der Waals surface area (Å²) >= 11 is 3.40. The van der Waals surface area contributed by atoms with Gasteiger partial charge < -0.3 is 5.32 Å². The van der Waals surface area contributed by atoms with Gasteiger partial charge in [-0.15, -0.1) is 0 Å². The van der Waals surface area contributed by atoms with Crippen LogP contribution in [0.2, 0.25) is 0 Å². The number of rotatable bonds is 3. The highest BCUT2D eigenvalue weighted by Crippen LogP contribution is 2.23. The van der Waals surface area contributed by atoms with Gasteiger partial charge in [-0.2, -0.15) is 10.2 Å². The molecule has 118 valence electrons. The number of aromatic nitrogens is 4. The molecule has 0 bridgehead atoms. The number of nitrogens with one attached hydrogen (secondary N) is 3. The molecule has 0 saturated carbocycles. The first-order valence-corrected chi connectivity index (χ1v) is 8.05. The van der Waals surface area contributed by atoms with Crippen molar-refractivity contribution in [3.8, 4) is 11.3 Å². The van der Waals surface area contributed by atoms with Crippen molar-refractivity contribution in [3.63, 3.8) is 0 Å². The molecule has 4 rings (SSSR count). The lowest BCUT2D eigenvalue weighted by Crippen LogP contribution is -2.12.